The molecule has 0 unspecified atom stereocenters. The molecule has 0 saturated carbocycles. The molecule has 0 atom stereocenters. The molecule has 16 heavy (non-hydrogen) atoms. The van der Waals surface area contributed by atoms with Crippen LogP contribution in [0.25, 0.3) is 0 Å². The average Bonchev–Trinajstić information content (AvgIpc) is 1.37. The molecule has 0 aromatic rings. The Kier molecular flexibility index (Phi) is 522. The second kappa shape index (κ2) is 92.6. The van der Waals surface area contributed by atoms with E-state index in [-0.39, 0.29) is 367 Å². The quantitative estimate of drug-likeness (QED) is 0.277. The Hall–Kier alpha value is 12.2. The Morgan fingerprint density at radius 2 is 0.625 bits per heavy atom. The van der Waals surface area contributed by atoms with Crippen LogP contribution in [0.15, 0.2) is 0 Å². The van der Waals surface area contributed by atoms with E-state index in [1.807, 2.05) is 0 Å². The molecule has 0 aliphatic rings. The first kappa shape index (κ1) is 90.3. The normalized spacial score (nSPS) is 1.88. The van der Waals surface area contributed by atoms with Gasteiger partial charge in [-0.1, -0.05) is 0 Å². The summed E-state index contributed by atoms with van der Waals surface area (Å²) in [5.41, 5.74) is 0. The van der Waals surface area contributed by atoms with E-state index in [1.54, 1.807) is 0 Å². The minimum atomic E-state index is 0. The van der Waals surface area contributed by atoms with Crippen LogP contribution in [0.2, 0.25) is 13.1 Å². The minimum Gasteiger partial charge on any atom is -0.358 e. The predicted molar refractivity (Wildman–Crippen MR) is 28.5 cm³/mol. The summed E-state index contributed by atoms with van der Waals surface area (Å²) in [6.45, 7) is 4.18. The summed E-state index contributed by atoms with van der Waals surface area (Å²) in [7, 11) is 2.12. The molecular formula is C4H11BY11-2. The van der Waals surface area contributed by atoms with Gasteiger partial charge in [-0.3, -0.25) is 6.82 Å². The predicted octanol–water partition coefficient (Wildman–Crippen LogP) is 1.60. The fourth-order valence-electron chi connectivity index (χ4n) is 0. The zero-order valence-corrected chi connectivity index (χ0v) is 41.9. The van der Waals surface area contributed by atoms with Crippen LogP contribution >= 0.6 is 0 Å². The van der Waals surface area contributed by atoms with Crippen LogP contribution in [0, 0.1) is 7.43 Å². The first-order valence-corrected chi connectivity index (χ1v) is 1.69. The molecule has 0 amide bonds. The van der Waals surface area contributed by atoms with Crippen molar-refractivity contribution in [1.29, 1.82) is 0 Å². The number of rotatable bonds is 1. The maximum atomic E-state index is 2.12. The molecule has 0 aromatic carbocycles. The van der Waals surface area contributed by atoms with E-state index in [2.05, 4.69) is 21.0 Å². The van der Waals surface area contributed by atoms with Gasteiger partial charge in [-0.25, -0.2) is 6.32 Å². The van der Waals surface area contributed by atoms with E-state index in [1.165, 1.54) is 6.32 Å². The van der Waals surface area contributed by atoms with Gasteiger partial charge in [0.15, 0.2) is 0 Å². The molecule has 0 rings (SSSR count). The molecule has 0 nitrogen and oxygen atoms in total. The zero-order valence-electron chi connectivity index (χ0n) is 10.6. The van der Waals surface area contributed by atoms with E-state index in [0.29, 0.717) is 0 Å². The molecule has 0 aromatic heterocycles. The summed E-state index contributed by atoms with van der Waals surface area (Å²) in [6.07, 6.45) is 1.19. The summed E-state index contributed by atoms with van der Waals surface area (Å²) in [5.74, 6) is 0. The van der Waals surface area contributed by atoms with Gasteiger partial charge in [-0.2, -0.15) is 0 Å². The summed E-state index contributed by atoms with van der Waals surface area (Å²) in [4.78, 5) is 0. The Morgan fingerprint density at radius 1 is 0.562 bits per heavy atom. The van der Waals surface area contributed by atoms with Gasteiger partial charge >= 0.3 is 0 Å². The van der Waals surface area contributed by atoms with Crippen molar-refractivity contribution < 1.29 is 360 Å². The second-order valence-electron chi connectivity index (χ2n) is 0.816. The van der Waals surface area contributed by atoms with Crippen LogP contribution in [-0.4, -0.2) is 7.28 Å². The van der Waals surface area contributed by atoms with Gasteiger partial charge in [0.25, 0.3) is 0 Å². The molecule has 13 radical (unpaired) electrons. The molecule has 0 N–H and O–H groups in total. The van der Waals surface area contributed by atoms with Gasteiger partial charge in [-0.05, 0) is 0 Å². The fourth-order valence-corrected chi connectivity index (χ4v) is 0. The number of hydrogen-bond acceptors (Lipinski definition) is 0. The number of hydrogen-bond donors (Lipinski definition) is 0. The summed E-state index contributed by atoms with van der Waals surface area (Å²) in [5, 5.41) is 0. The van der Waals surface area contributed by atoms with Crippen molar-refractivity contribution in [3.05, 3.63) is 7.43 Å². The molecule has 0 heterocycles. The van der Waals surface area contributed by atoms with Crippen molar-refractivity contribution in [2.24, 2.45) is 0 Å². The molecule has 0 aliphatic carbocycles. The fraction of sp³-hybridized carbons (Fsp3) is 0.750. The van der Waals surface area contributed by atoms with Crippen molar-refractivity contribution in [3.8, 4) is 0 Å². The van der Waals surface area contributed by atoms with Gasteiger partial charge in [0, 0.05) is 360 Å². The topological polar surface area (TPSA) is 0 Å². The van der Waals surface area contributed by atoms with Crippen LogP contribution in [0.4, 0.5) is 0 Å². The Balaban J connectivity index is -0.000000000682. The van der Waals surface area contributed by atoms with Crippen LogP contribution in [0.1, 0.15) is 6.92 Å². The molecular weight excluding hydrogens is 1040 g/mol. The third kappa shape index (κ3) is 95.5. The van der Waals surface area contributed by atoms with Crippen LogP contribution in [0.5, 0.6) is 0 Å². The molecule has 0 saturated heterocycles. The van der Waals surface area contributed by atoms with E-state index in [9.17, 15) is 0 Å². The van der Waals surface area contributed by atoms with Crippen LogP contribution < -0.4 is 0 Å². The van der Waals surface area contributed by atoms with E-state index < -0.39 is 0 Å². The van der Waals surface area contributed by atoms with E-state index in [0.717, 1.165) is 0 Å². The van der Waals surface area contributed by atoms with Gasteiger partial charge in [0.2, 0.25) is 0 Å². The zero-order chi connectivity index (χ0) is 3.41. The van der Waals surface area contributed by atoms with Crippen molar-refractivity contribution >= 4 is 7.28 Å². The van der Waals surface area contributed by atoms with Crippen molar-refractivity contribution in [3.63, 3.8) is 0 Å². The van der Waals surface area contributed by atoms with Gasteiger partial charge in [0.05, 0.1) is 0 Å². The molecule has 0 bridgehead atoms. The smallest absolute Gasteiger partial charge is 0 e. The van der Waals surface area contributed by atoms with E-state index in [4.69, 9.17) is 0 Å². The Morgan fingerprint density at radius 3 is 0.625 bits per heavy atom. The van der Waals surface area contributed by atoms with Crippen molar-refractivity contribution in [1.82, 2.24) is 0 Å². The Bertz CT molecular complexity index is 19.9. The molecule has 0 aliphatic heterocycles. The summed E-state index contributed by atoms with van der Waals surface area (Å²) < 4.78 is 0. The SMILES string of the molecule is C[B-]CC.[CH3-].[Y].[Y].[Y].[Y].[Y].[Y].[Y].[Y].[Y].[Y].[Y]. The van der Waals surface area contributed by atoms with Crippen molar-refractivity contribution in [2.75, 3.05) is 0 Å². The second-order valence-corrected chi connectivity index (χ2v) is 0.816. The summed E-state index contributed by atoms with van der Waals surface area (Å²) in [6, 6.07) is 0. The first-order chi connectivity index (χ1) is 1.91. The third-order valence-electron chi connectivity index (χ3n) is 0.408. The molecule has 65 valence electrons. The molecule has 0 fully saturated rings. The maximum absolute atomic E-state index is 2.12. The monoisotopic (exact) mass is 1050 g/mol. The summed E-state index contributed by atoms with van der Waals surface area (Å²) >= 11 is 0. The Labute approximate surface area is 381 Å². The van der Waals surface area contributed by atoms with Gasteiger partial charge < -0.3 is 14.7 Å². The first-order valence-electron chi connectivity index (χ1n) is 1.69. The van der Waals surface area contributed by atoms with Crippen molar-refractivity contribution in [2.45, 2.75) is 20.1 Å². The standard InChI is InChI=1S/C3H8B.CH3.11Y/c1-3-4-2;;;;;;;;;;;;/h3H2,1-2H3;1H3;;;;;;;;;;;/q2*-1;;;;;;;;;;;. The van der Waals surface area contributed by atoms with Crippen LogP contribution in [-0.2, 0) is 360 Å². The molecule has 12 heteroatoms. The van der Waals surface area contributed by atoms with E-state index >= 15 is 0 Å². The van der Waals surface area contributed by atoms with Gasteiger partial charge in [0.1, 0.15) is 0 Å². The average molecular weight is 1050 g/mol. The largest absolute Gasteiger partial charge is 0.358 e. The van der Waals surface area contributed by atoms with Gasteiger partial charge in [-0.15, -0.1) is 6.92 Å². The molecule has 0 spiro atoms. The maximum Gasteiger partial charge on any atom is 0 e. The van der Waals surface area contributed by atoms with Crippen LogP contribution in [0.3, 0.4) is 0 Å². The minimum absolute atomic E-state index is 0. The third-order valence-corrected chi connectivity index (χ3v) is 0.408.